The van der Waals surface area contributed by atoms with Gasteiger partial charge in [-0.05, 0) is 66.1 Å². The van der Waals surface area contributed by atoms with Gasteiger partial charge in [0.05, 0.1) is 17.7 Å². The van der Waals surface area contributed by atoms with E-state index in [-0.39, 0.29) is 29.6 Å². The molecule has 3 aromatic rings. The molecule has 7 nitrogen and oxygen atoms in total. The summed E-state index contributed by atoms with van der Waals surface area (Å²) in [6.45, 7) is 3.64. The van der Waals surface area contributed by atoms with Crippen molar-refractivity contribution in [3.05, 3.63) is 100 Å². The van der Waals surface area contributed by atoms with E-state index in [0.29, 0.717) is 55.4 Å². The molecule has 2 bridgehead atoms. The number of piperazine rings is 1. The minimum atomic E-state index is -0.242. The molecule has 0 spiro atoms. The van der Waals surface area contributed by atoms with E-state index in [2.05, 4.69) is 34.9 Å². The number of halogens is 1. The van der Waals surface area contributed by atoms with E-state index in [4.69, 9.17) is 16.3 Å². The summed E-state index contributed by atoms with van der Waals surface area (Å²) < 4.78 is 5.82. The first-order valence-electron chi connectivity index (χ1n) is 14.2. The van der Waals surface area contributed by atoms with Gasteiger partial charge in [-0.1, -0.05) is 66.2 Å². The average Bonchev–Trinajstić information content (AvgIpc) is 2.97. The molecule has 2 atom stereocenters. The molecule has 5 rings (SSSR count). The first-order valence-corrected chi connectivity index (χ1v) is 14.5. The maximum atomic E-state index is 13.6. The molecule has 2 amide bonds. The Morgan fingerprint density at radius 3 is 2.54 bits per heavy atom. The minimum Gasteiger partial charge on any atom is -0.508 e. The van der Waals surface area contributed by atoms with E-state index in [1.54, 1.807) is 19.1 Å². The third kappa shape index (κ3) is 7.10. The van der Waals surface area contributed by atoms with Crippen molar-refractivity contribution in [3.63, 3.8) is 0 Å². The zero-order valence-corrected chi connectivity index (χ0v) is 24.0. The first-order chi connectivity index (χ1) is 19.9. The van der Waals surface area contributed by atoms with Crippen molar-refractivity contribution < 1.29 is 19.4 Å². The molecule has 2 aliphatic rings. The predicted molar refractivity (Wildman–Crippen MR) is 161 cm³/mol. The van der Waals surface area contributed by atoms with Crippen LogP contribution in [0, 0.1) is 0 Å². The monoisotopic (exact) mass is 573 g/mol. The summed E-state index contributed by atoms with van der Waals surface area (Å²) in [5, 5.41) is 17.3. The van der Waals surface area contributed by atoms with Gasteiger partial charge in [-0.15, -0.1) is 0 Å². The van der Waals surface area contributed by atoms with Crippen LogP contribution in [0.25, 0.3) is 5.57 Å². The van der Waals surface area contributed by atoms with E-state index in [0.717, 1.165) is 29.5 Å². The smallest absolute Gasteiger partial charge is 0.249 e. The molecule has 0 radical (unpaired) electrons. The number of aryl methyl sites for hydroxylation is 1. The van der Waals surface area contributed by atoms with Gasteiger partial charge in [-0.25, -0.2) is 0 Å². The van der Waals surface area contributed by atoms with Gasteiger partial charge in [0.25, 0.3) is 0 Å². The summed E-state index contributed by atoms with van der Waals surface area (Å²) in [4.78, 5) is 27.6. The lowest BCUT2D eigenvalue weighted by molar-refractivity contribution is -0.131. The van der Waals surface area contributed by atoms with Gasteiger partial charge >= 0.3 is 0 Å². The second-order valence-electron chi connectivity index (χ2n) is 10.7. The number of benzene rings is 3. The number of para-hydroxylation sites is 2. The Kier molecular flexibility index (Phi) is 9.27. The number of carbonyl (C=O) groups excluding carboxylic acids is 2. The SMILES string of the molecule is CC(=O)N1C[C@H]2CC(c3ccc(CCCOc4ccccc4Cl)cc3)=C(C(=O)NCCc3ccccc3O)[C@@H](C1)N2. The van der Waals surface area contributed by atoms with Crippen molar-refractivity contribution in [3.8, 4) is 11.5 Å². The molecule has 0 aromatic heterocycles. The molecule has 2 heterocycles. The third-order valence-electron chi connectivity index (χ3n) is 7.77. The highest BCUT2D eigenvalue weighted by molar-refractivity contribution is 6.32. The molecule has 2 aliphatic heterocycles. The topological polar surface area (TPSA) is 90.9 Å². The van der Waals surface area contributed by atoms with Crippen molar-refractivity contribution in [2.24, 2.45) is 0 Å². The number of aromatic hydroxyl groups is 1. The zero-order chi connectivity index (χ0) is 28.8. The van der Waals surface area contributed by atoms with Crippen LogP contribution in [0.15, 0.2) is 78.4 Å². The van der Waals surface area contributed by atoms with E-state index >= 15 is 0 Å². The second kappa shape index (κ2) is 13.2. The molecule has 0 aliphatic carbocycles. The number of hydrogen-bond acceptors (Lipinski definition) is 5. The summed E-state index contributed by atoms with van der Waals surface area (Å²) in [5.74, 6) is 0.802. The number of phenolic OH excluding ortho intramolecular Hbond substituents is 1. The molecular weight excluding hydrogens is 538 g/mol. The predicted octanol–water partition coefficient (Wildman–Crippen LogP) is 4.76. The van der Waals surface area contributed by atoms with Crippen molar-refractivity contribution in [2.45, 2.75) is 44.7 Å². The highest BCUT2D eigenvalue weighted by Crippen LogP contribution is 2.33. The fourth-order valence-corrected chi connectivity index (χ4v) is 5.85. The van der Waals surface area contributed by atoms with Gasteiger partial charge in [-0.2, -0.15) is 0 Å². The van der Waals surface area contributed by atoms with Crippen molar-refractivity contribution in [2.75, 3.05) is 26.2 Å². The second-order valence-corrected chi connectivity index (χ2v) is 11.1. The summed E-state index contributed by atoms with van der Waals surface area (Å²) in [6, 6.07) is 22.9. The maximum Gasteiger partial charge on any atom is 0.249 e. The lowest BCUT2D eigenvalue weighted by Gasteiger charge is -2.44. The standard InChI is InChI=1S/C33H36ClN3O4/c1-22(38)37-20-26-19-27(24-14-12-23(13-15-24)7-6-18-41-31-11-5-3-9-28(31)34)32(29(21-37)36-26)33(40)35-17-16-25-8-2-4-10-30(25)39/h2-5,8-15,26,29,36,39H,6-7,16-21H2,1H3,(H,35,40)/t26-,29-/m1/s1. The summed E-state index contributed by atoms with van der Waals surface area (Å²) in [6.07, 6.45) is 2.90. The Morgan fingerprint density at radius 2 is 1.78 bits per heavy atom. The third-order valence-corrected chi connectivity index (χ3v) is 8.08. The lowest BCUT2D eigenvalue weighted by atomic mass is 9.83. The van der Waals surface area contributed by atoms with Crippen LogP contribution in [0.3, 0.4) is 0 Å². The zero-order valence-electron chi connectivity index (χ0n) is 23.2. The van der Waals surface area contributed by atoms with Crippen molar-refractivity contribution >= 4 is 29.0 Å². The number of carbonyl (C=O) groups is 2. The van der Waals surface area contributed by atoms with E-state index in [1.807, 2.05) is 41.3 Å². The van der Waals surface area contributed by atoms with Crippen LogP contribution in [0.5, 0.6) is 11.5 Å². The van der Waals surface area contributed by atoms with Crippen LogP contribution >= 0.6 is 11.6 Å². The fraction of sp³-hybridized carbons (Fsp3) is 0.333. The van der Waals surface area contributed by atoms with Gasteiger partial charge in [0.15, 0.2) is 0 Å². The highest BCUT2D eigenvalue weighted by Gasteiger charge is 2.38. The Balaban J connectivity index is 1.28. The number of hydrogen-bond donors (Lipinski definition) is 3. The van der Waals surface area contributed by atoms with Gasteiger partial charge in [0, 0.05) is 38.2 Å². The van der Waals surface area contributed by atoms with Crippen molar-refractivity contribution in [1.82, 2.24) is 15.5 Å². The number of rotatable bonds is 10. The molecule has 0 saturated carbocycles. The molecule has 3 aromatic carbocycles. The number of nitrogens with one attached hydrogen (secondary N) is 2. The van der Waals surface area contributed by atoms with Crippen LogP contribution < -0.4 is 15.4 Å². The normalized spacial score (nSPS) is 18.2. The lowest BCUT2D eigenvalue weighted by Crippen LogP contribution is -2.61. The van der Waals surface area contributed by atoms with Crippen LogP contribution in [0.1, 0.15) is 36.5 Å². The molecule has 41 heavy (non-hydrogen) atoms. The van der Waals surface area contributed by atoms with E-state index in [9.17, 15) is 14.7 Å². The number of nitrogens with zero attached hydrogens (tertiary/aromatic N) is 1. The Bertz CT molecular complexity index is 1420. The number of ether oxygens (including phenoxy) is 1. The molecule has 8 heteroatoms. The summed E-state index contributed by atoms with van der Waals surface area (Å²) in [5.41, 5.74) is 4.72. The maximum absolute atomic E-state index is 13.6. The minimum absolute atomic E-state index is 0.0205. The molecular formula is C33H36ClN3O4. The number of amides is 2. The molecule has 3 N–H and O–H groups in total. The average molecular weight is 574 g/mol. The molecule has 0 unspecified atom stereocenters. The quantitative estimate of drug-likeness (QED) is 0.304. The fourth-order valence-electron chi connectivity index (χ4n) is 5.66. The van der Waals surface area contributed by atoms with Crippen LogP contribution in [-0.2, 0) is 22.4 Å². The first kappa shape index (κ1) is 28.7. The van der Waals surface area contributed by atoms with Crippen molar-refractivity contribution in [1.29, 1.82) is 0 Å². The van der Waals surface area contributed by atoms with E-state index < -0.39 is 0 Å². The number of phenols is 1. The van der Waals surface area contributed by atoms with E-state index in [1.165, 1.54) is 5.56 Å². The van der Waals surface area contributed by atoms with Gasteiger partial charge in [-0.3, -0.25) is 9.59 Å². The van der Waals surface area contributed by atoms with Gasteiger partial charge in [0.1, 0.15) is 11.5 Å². The Labute approximate surface area is 246 Å². The van der Waals surface area contributed by atoms with Crippen LogP contribution in [-0.4, -0.2) is 60.1 Å². The molecule has 1 saturated heterocycles. The molecule has 1 fully saturated rings. The van der Waals surface area contributed by atoms with Gasteiger partial charge in [0.2, 0.25) is 11.8 Å². The Morgan fingerprint density at radius 1 is 1.02 bits per heavy atom. The Hall–Kier alpha value is -3.81. The largest absolute Gasteiger partial charge is 0.508 e. The van der Waals surface area contributed by atoms with Crippen LogP contribution in [0.4, 0.5) is 0 Å². The molecule has 214 valence electrons. The summed E-state index contributed by atoms with van der Waals surface area (Å²) in [7, 11) is 0. The van der Waals surface area contributed by atoms with Crippen LogP contribution in [0.2, 0.25) is 5.02 Å². The van der Waals surface area contributed by atoms with Gasteiger partial charge < -0.3 is 25.4 Å². The number of fused-ring (bicyclic) bond motifs is 2. The summed E-state index contributed by atoms with van der Waals surface area (Å²) >= 11 is 6.17. The highest BCUT2D eigenvalue weighted by atomic mass is 35.5.